The van der Waals surface area contributed by atoms with Gasteiger partial charge in [0.25, 0.3) is 0 Å². The number of amides is 1. The molecule has 2 heterocycles. The van der Waals surface area contributed by atoms with E-state index in [1.54, 1.807) is 0 Å². The van der Waals surface area contributed by atoms with Gasteiger partial charge in [-0.2, -0.15) is 4.58 Å². The SMILES string of the molecule is CC1(C)C(=CC=CC=CC=CC2=[N+](CCCCS(=O)O)c3ccc(CC(=O)CNC(O)CO)cc3C2(C)C)N(CCCCS(=O)O)c2ccc(CC(=O)NC(O)CO)cc21. The van der Waals surface area contributed by atoms with Crippen molar-refractivity contribution >= 4 is 50.9 Å². The van der Waals surface area contributed by atoms with Crippen molar-refractivity contribution in [2.45, 2.75) is 89.5 Å². The Hall–Kier alpha value is -3.97. The molecule has 0 spiro atoms. The molecule has 0 radical (unpaired) electrons. The number of benzene rings is 2. The van der Waals surface area contributed by atoms with Gasteiger partial charge in [0.15, 0.2) is 33.7 Å². The summed E-state index contributed by atoms with van der Waals surface area (Å²) in [6.45, 7) is 8.62. The zero-order valence-corrected chi connectivity index (χ0v) is 36.5. The van der Waals surface area contributed by atoms with Crippen LogP contribution in [0.3, 0.4) is 0 Å². The lowest BCUT2D eigenvalue weighted by molar-refractivity contribution is -0.438. The van der Waals surface area contributed by atoms with Crippen molar-refractivity contribution in [1.82, 2.24) is 10.6 Å². The van der Waals surface area contributed by atoms with E-state index >= 15 is 0 Å². The highest BCUT2D eigenvalue weighted by atomic mass is 32.2. The number of aliphatic hydroxyl groups excluding tert-OH is 4. The number of nitrogens with zero attached hydrogens (tertiary/aromatic N) is 2. The van der Waals surface area contributed by atoms with Crippen molar-refractivity contribution in [3.8, 4) is 0 Å². The molecule has 8 N–H and O–H groups in total. The normalized spacial score (nSPS) is 18.4. The van der Waals surface area contributed by atoms with E-state index < -0.39 is 64.6 Å². The second-order valence-electron chi connectivity index (χ2n) is 16.0. The Labute approximate surface area is 358 Å². The summed E-state index contributed by atoms with van der Waals surface area (Å²) in [5, 5.41) is 42.3. The van der Waals surface area contributed by atoms with Crippen molar-refractivity contribution in [2.24, 2.45) is 0 Å². The first-order chi connectivity index (χ1) is 28.5. The van der Waals surface area contributed by atoms with Gasteiger partial charge in [-0.1, -0.05) is 62.4 Å². The summed E-state index contributed by atoms with van der Waals surface area (Å²) < 4.78 is 43.5. The molecule has 2 aliphatic heterocycles. The van der Waals surface area contributed by atoms with Gasteiger partial charge in [-0.3, -0.25) is 14.9 Å². The van der Waals surface area contributed by atoms with E-state index in [0.717, 1.165) is 45.0 Å². The molecule has 4 atom stereocenters. The minimum atomic E-state index is -1.87. The topological polar surface area (TPSA) is 220 Å². The van der Waals surface area contributed by atoms with Gasteiger partial charge in [-0.25, -0.2) is 8.42 Å². The van der Waals surface area contributed by atoms with Crippen LogP contribution in [0.25, 0.3) is 0 Å². The van der Waals surface area contributed by atoms with E-state index in [1.807, 2.05) is 66.8 Å². The molecule has 2 aromatic carbocycles. The Morgan fingerprint density at radius 1 is 0.783 bits per heavy atom. The number of allylic oxidation sites excluding steroid dienone is 8. The molecule has 4 unspecified atom stereocenters. The molecule has 16 heteroatoms. The lowest BCUT2D eigenvalue weighted by atomic mass is 9.80. The number of ketones is 1. The van der Waals surface area contributed by atoms with Crippen LogP contribution in [0, 0.1) is 0 Å². The van der Waals surface area contributed by atoms with Crippen molar-refractivity contribution in [3.05, 3.63) is 107 Å². The number of Topliss-reactive ketones (excluding diaryl/α,β-unsaturated/α-hetero) is 1. The minimum absolute atomic E-state index is 0.0329. The van der Waals surface area contributed by atoms with Crippen molar-refractivity contribution < 1.29 is 52.1 Å². The van der Waals surface area contributed by atoms with Gasteiger partial charge < -0.3 is 39.7 Å². The number of unbranched alkanes of at least 4 members (excludes halogenated alkanes) is 2. The molecule has 60 heavy (non-hydrogen) atoms. The molecule has 1 amide bonds. The predicted octanol–water partition coefficient (Wildman–Crippen LogP) is 3.40. The Kier molecular flexibility index (Phi) is 18.5. The number of carbonyl (C=O) groups is 2. The van der Waals surface area contributed by atoms with Crippen LogP contribution in [0.4, 0.5) is 11.4 Å². The van der Waals surface area contributed by atoms with Gasteiger partial charge >= 0.3 is 0 Å². The molecular weight excluding hydrogens is 809 g/mol. The third-order valence-electron chi connectivity index (χ3n) is 10.7. The number of aliphatic hydroxyl groups is 4. The Morgan fingerprint density at radius 2 is 1.40 bits per heavy atom. The fourth-order valence-electron chi connectivity index (χ4n) is 7.68. The highest BCUT2D eigenvalue weighted by molar-refractivity contribution is 7.79. The Balaban J connectivity index is 1.55. The molecule has 0 saturated heterocycles. The van der Waals surface area contributed by atoms with Crippen LogP contribution in [-0.4, -0.2) is 117 Å². The number of anilines is 1. The third kappa shape index (κ3) is 13.3. The van der Waals surface area contributed by atoms with E-state index in [-0.39, 0.29) is 36.7 Å². The number of fused-ring (bicyclic) bond motifs is 2. The summed E-state index contributed by atoms with van der Waals surface area (Å²) in [6.07, 6.45) is 14.2. The average molecular weight is 870 g/mol. The molecule has 0 fully saturated rings. The van der Waals surface area contributed by atoms with Crippen molar-refractivity contribution in [2.75, 3.05) is 49.3 Å². The summed E-state index contributed by atoms with van der Waals surface area (Å²) in [7, 11) is 0. The number of hydrogen-bond donors (Lipinski definition) is 8. The van der Waals surface area contributed by atoms with Gasteiger partial charge in [0.1, 0.15) is 19.0 Å². The standard InChI is InChI=1S/C44H60N4O10S2/c1-43(2)34-25-31(24-33(51)28-45-41(53)29-49)16-18-36(34)47(20-10-12-22-59(55)56)38(43)14-8-6-5-7-9-15-39-44(3,4)35-26-32(27-40(52)46-42(54)30-50)17-19-37(35)48(39)21-11-13-23-60(57)58/h5-9,14-19,25-26,41-42,45,49-50,53-54H,10-13,20-24,27-30H2,1-4H3,(H2-,46,52,55,56,57,58)/p+1. The van der Waals surface area contributed by atoms with Gasteiger partial charge in [0.05, 0.1) is 31.6 Å². The van der Waals surface area contributed by atoms with Gasteiger partial charge in [-0.05, 0) is 68.0 Å². The zero-order valence-electron chi connectivity index (χ0n) is 34.9. The molecule has 2 aromatic rings. The lowest BCUT2D eigenvalue weighted by Crippen LogP contribution is -2.38. The van der Waals surface area contributed by atoms with Crippen LogP contribution < -0.4 is 15.5 Å². The molecular formula is C44H61N4O10S2+. The fraction of sp³-hybridized carbons (Fsp3) is 0.477. The van der Waals surface area contributed by atoms with E-state index in [4.69, 9.17) is 10.2 Å². The fourth-order valence-corrected chi connectivity index (χ4v) is 8.58. The van der Waals surface area contributed by atoms with Crippen LogP contribution >= 0.6 is 0 Å². The van der Waals surface area contributed by atoms with E-state index in [9.17, 15) is 37.3 Å². The predicted molar refractivity (Wildman–Crippen MR) is 236 cm³/mol. The molecule has 0 aromatic heterocycles. The van der Waals surface area contributed by atoms with Crippen molar-refractivity contribution in [3.63, 3.8) is 0 Å². The van der Waals surface area contributed by atoms with Gasteiger partial charge in [0, 0.05) is 65.4 Å². The van der Waals surface area contributed by atoms with Crippen LogP contribution in [-0.2, 0) is 55.4 Å². The van der Waals surface area contributed by atoms with Crippen LogP contribution in [0.1, 0.15) is 75.6 Å². The number of hydrogen-bond acceptors (Lipinski definition) is 10. The van der Waals surface area contributed by atoms with Gasteiger partial charge in [-0.15, -0.1) is 0 Å². The first kappa shape index (κ1) is 48.7. The summed E-state index contributed by atoms with van der Waals surface area (Å²) in [5.74, 6) is -0.135. The minimum Gasteiger partial charge on any atom is -0.392 e. The number of rotatable bonds is 24. The first-order valence-electron chi connectivity index (χ1n) is 20.2. The highest BCUT2D eigenvalue weighted by Gasteiger charge is 2.44. The number of nitrogens with one attached hydrogen (secondary N) is 2. The van der Waals surface area contributed by atoms with Crippen LogP contribution in [0.15, 0.2) is 84.6 Å². The largest absolute Gasteiger partial charge is 0.392 e. The Bertz CT molecular complexity index is 2040. The summed E-state index contributed by atoms with van der Waals surface area (Å²) in [4.78, 5) is 27.3. The summed E-state index contributed by atoms with van der Waals surface area (Å²) in [6, 6.07) is 11.8. The second-order valence-corrected chi connectivity index (χ2v) is 18.1. The summed E-state index contributed by atoms with van der Waals surface area (Å²) >= 11 is -3.73. The molecule has 0 aliphatic carbocycles. The monoisotopic (exact) mass is 869 g/mol. The first-order valence-corrected chi connectivity index (χ1v) is 22.7. The zero-order chi connectivity index (χ0) is 44.0. The molecule has 2 aliphatic rings. The second kappa shape index (κ2) is 22.8. The highest BCUT2D eigenvalue weighted by Crippen LogP contribution is 2.48. The van der Waals surface area contributed by atoms with Gasteiger partial charge in [0.2, 0.25) is 11.6 Å². The number of carbonyl (C=O) groups excluding carboxylic acids is 2. The Morgan fingerprint density at radius 3 is 2.08 bits per heavy atom. The van der Waals surface area contributed by atoms with Crippen molar-refractivity contribution in [1.29, 1.82) is 0 Å². The lowest BCUT2D eigenvalue weighted by Gasteiger charge is -2.27. The maximum absolute atomic E-state index is 12.6. The molecule has 14 nitrogen and oxygen atoms in total. The third-order valence-corrected chi connectivity index (χ3v) is 12.0. The molecule has 4 rings (SSSR count). The maximum atomic E-state index is 12.6. The smallest absolute Gasteiger partial charge is 0.226 e. The van der Waals surface area contributed by atoms with E-state index in [0.29, 0.717) is 38.8 Å². The maximum Gasteiger partial charge on any atom is 0.226 e. The quantitative estimate of drug-likeness (QED) is 0.0250. The molecule has 328 valence electrons. The average Bonchev–Trinajstić information content (AvgIpc) is 3.53. The molecule has 0 saturated carbocycles. The van der Waals surface area contributed by atoms with Crippen LogP contribution in [0.2, 0.25) is 0 Å². The van der Waals surface area contributed by atoms with Crippen LogP contribution in [0.5, 0.6) is 0 Å². The molecule has 0 bridgehead atoms. The van der Waals surface area contributed by atoms with E-state index in [1.165, 1.54) is 0 Å². The summed E-state index contributed by atoms with van der Waals surface area (Å²) in [5.41, 5.74) is 6.89. The van der Waals surface area contributed by atoms with E-state index in [2.05, 4.69) is 60.0 Å².